The Balaban J connectivity index is 0.00000208. The molecule has 0 saturated carbocycles. The maximum Gasteiger partial charge on any atom is 0.307 e. The van der Waals surface area contributed by atoms with Crippen LogP contribution in [0.25, 0.3) is 0 Å². The fourth-order valence-corrected chi connectivity index (χ4v) is 4.14. The SMILES string of the molecule is Fc1ccc(C[N+](Cc2ccccc2)=C2NCC(CBr)S2)cc1.[Br-]. The van der Waals surface area contributed by atoms with Gasteiger partial charge in [0, 0.05) is 5.33 Å². The second-order valence-electron chi connectivity index (χ2n) is 5.55. The number of thioether (sulfide) groups is 1. The Morgan fingerprint density at radius 1 is 1.04 bits per heavy atom. The third-order valence-electron chi connectivity index (χ3n) is 3.72. The average Bonchev–Trinajstić information content (AvgIpc) is 3.06. The lowest BCUT2D eigenvalue weighted by molar-refractivity contribution is -0.559. The predicted octanol–water partition coefficient (Wildman–Crippen LogP) is 0.998. The molecule has 1 atom stereocenters. The fourth-order valence-electron chi connectivity index (χ4n) is 2.53. The van der Waals surface area contributed by atoms with Crippen LogP contribution < -0.4 is 22.3 Å². The van der Waals surface area contributed by atoms with Gasteiger partial charge in [-0.15, -0.1) is 0 Å². The first-order valence-corrected chi connectivity index (χ1v) is 9.61. The lowest BCUT2D eigenvalue weighted by Gasteiger charge is -2.10. The molecule has 24 heavy (non-hydrogen) atoms. The molecule has 2 aromatic rings. The summed E-state index contributed by atoms with van der Waals surface area (Å²) in [4.78, 5) is 0. The number of halogens is 3. The number of hydrogen-bond donors (Lipinski definition) is 1. The average molecular weight is 474 g/mol. The van der Waals surface area contributed by atoms with Crippen molar-refractivity contribution < 1.29 is 25.9 Å². The molecule has 128 valence electrons. The van der Waals surface area contributed by atoms with Crippen LogP contribution in [0.4, 0.5) is 4.39 Å². The van der Waals surface area contributed by atoms with E-state index in [4.69, 9.17) is 0 Å². The van der Waals surface area contributed by atoms with E-state index in [0.717, 1.165) is 30.5 Å². The van der Waals surface area contributed by atoms with Crippen LogP contribution in [0.5, 0.6) is 0 Å². The van der Waals surface area contributed by atoms with Crippen LogP contribution in [0.15, 0.2) is 54.6 Å². The quantitative estimate of drug-likeness (QED) is 0.514. The Morgan fingerprint density at radius 2 is 1.67 bits per heavy atom. The first-order chi connectivity index (χ1) is 11.2. The molecule has 2 aromatic carbocycles. The van der Waals surface area contributed by atoms with E-state index < -0.39 is 0 Å². The highest BCUT2D eigenvalue weighted by Gasteiger charge is 2.28. The number of amidine groups is 1. The molecule has 0 radical (unpaired) electrons. The molecule has 0 aliphatic carbocycles. The molecule has 1 aliphatic rings. The Labute approximate surface area is 165 Å². The molecule has 0 spiro atoms. The zero-order valence-corrected chi connectivity index (χ0v) is 17.1. The first-order valence-electron chi connectivity index (χ1n) is 7.61. The normalized spacial score (nSPS) is 18.7. The van der Waals surface area contributed by atoms with Crippen molar-refractivity contribution in [1.82, 2.24) is 5.32 Å². The van der Waals surface area contributed by atoms with Crippen molar-refractivity contribution >= 4 is 32.9 Å². The van der Waals surface area contributed by atoms with Gasteiger partial charge in [0.1, 0.15) is 18.9 Å². The maximum absolute atomic E-state index is 13.1. The van der Waals surface area contributed by atoms with Gasteiger partial charge >= 0.3 is 5.17 Å². The number of rotatable bonds is 5. The highest BCUT2D eigenvalue weighted by molar-refractivity contribution is 9.09. The molecule has 0 amide bonds. The van der Waals surface area contributed by atoms with Crippen LogP contribution in [0.1, 0.15) is 11.1 Å². The predicted molar refractivity (Wildman–Crippen MR) is 98.7 cm³/mol. The molecule has 1 saturated heterocycles. The van der Waals surface area contributed by atoms with Crippen molar-refractivity contribution in [2.45, 2.75) is 18.3 Å². The van der Waals surface area contributed by atoms with E-state index >= 15 is 0 Å². The van der Waals surface area contributed by atoms with Crippen LogP contribution in [-0.2, 0) is 13.1 Å². The highest BCUT2D eigenvalue weighted by atomic mass is 79.9. The van der Waals surface area contributed by atoms with Gasteiger partial charge in [-0.2, -0.15) is 0 Å². The van der Waals surface area contributed by atoms with Crippen molar-refractivity contribution in [3.8, 4) is 0 Å². The number of benzene rings is 2. The van der Waals surface area contributed by atoms with E-state index in [-0.39, 0.29) is 22.8 Å². The molecule has 1 fully saturated rings. The summed E-state index contributed by atoms with van der Waals surface area (Å²) in [5.74, 6) is -0.191. The number of nitrogens with one attached hydrogen (secondary N) is 1. The summed E-state index contributed by atoms with van der Waals surface area (Å²) >= 11 is 5.43. The molecule has 1 aliphatic heterocycles. The van der Waals surface area contributed by atoms with Gasteiger partial charge in [0.25, 0.3) is 0 Å². The summed E-state index contributed by atoms with van der Waals surface area (Å²) < 4.78 is 15.5. The summed E-state index contributed by atoms with van der Waals surface area (Å²) in [7, 11) is 0. The van der Waals surface area contributed by atoms with Crippen molar-refractivity contribution in [2.24, 2.45) is 0 Å². The monoisotopic (exact) mass is 472 g/mol. The molecule has 2 nitrogen and oxygen atoms in total. The summed E-state index contributed by atoms with van der Waals surface area (Å²) in [6, 6.07) is 17.2. The zero-order chi connectivity index (χ0) is 16.1. The van der Waals surface area contributed by atoms with Gasteiger partial charge in [0.15, 0.2) is 0 Å². The van der Waals surface area contributed by atoms with Gasteiger partial charge in [0.05, 0.1) is 11.8 Å². The summed E-state index contributed by atoms with van der Waals surface area (Å²) in [6.45, 7) is 2.57. The van der Waals surface area contributed by atoms with Crippen LogP contribution in [0.2, 0.25) is 0 Å². The third-order valence-corrected chi connectivity index (χ3v) is 6.22. The van der Waals surface area contributed by atoms with Gasteiger partial charge in [-0.3, -0.25) is 5.32 Å². The summed E-state index contributed by atoms with van der Waals surface area (Å²) in [5, 5.41) is 6.24. The van der Waals surface area contributed by atoms with Crippen molar-refractivity contribution in [3.05, 3.63) is 71.5 Å². The third kappa shape index (κ3) is 5.33. The van der Waals surface area contributed by atoms with E-state index in [1.54, 1.807) is 0 Å². The van der Waals surface area contributed by atoms with Gasteiger partial charge in [-0.25, -0.2) is 8.97 Å². The van der Waals surface area contributed by atoms with E-state index in [2.05, 4.69) is 50.1 Å². The molecule has 1 unspecified atom stereocenters. The second kappa shape index (κ2) is 9.59. The topological polar surface area (TPSA) is 15.0 Å². The zero-order valence-electron chi connectivity index (χ0n) is 13.1. The van der Waals surface area contributed by atoms with Crippen molar-refractivity contribution in [3.63, 3.8) is 0 Å². The Kier molecular flexibility index (Phi) is 7.78. The lowest BCUT2D eigenvalue weighted by atomic mass is 10.2. The highest BCUT2D eigenvalue weighted by Crippen LogP contribution is 2.21. The number of hydrogen-bond acceptors (Lipinski definition) is 1. The molecule has 0 bridgehead atoms. The minimum absolute atomic E-state index is 0. The lowest BCUT2D eigenvalue weighted by Crippen LogP contribution is -3.00. The number of nitrogens with zero attached hydrogens (tertiary/aromatic N) is 1. The molecule has 6 heteroatoms. The van der Waals surface area contributed by atoms with E-state index in [1.807, 2.05) is 30.0 Å². The molecular formula is C18H19Br2FN2S. The van der Waals surface area contributed by atoms with Crippen LogP contribution in [0.3, 0.4) is 0 Å². The summed E-state index contributed by atoms with van der Waals surface area (Å²) in [5.41, 5.74) is 2.38. The van der Waals surface area contributed by atoms with E-state index in [1.165, 1.54) is 22.9 Å². The first kappa shape index (κ1) is 19.5. The minimum atomic E-state index is -0.191. The largest absolute Gasteiger partial charge is 1.00 e. The van der Waals surface area contributed by atoms with Gasteiger partial charge in [0.2, 0.25) is 0 Å². The van der Waals surface area contributed by atoms with E-state index in [0.29, 0.717) is 5.25 Å². The summed E-state index contributed by atoms with van der Waals surface area (Å²) in [6.07, 6.45) is 0. The maximum atomic E-state index is 13.1. The Morgan fingerprint density at radius 3 is 2.25 bits per heavy atom. The van der Waals surface area contributed by atoms with Crippen molar-refractivity contribution in [1.29, 1.82) is 0 Å². The molecule has 1 heterocycles. The second-order valence-corrected chi connectivity index (χ2v) is 7.48. The van der Waals surface area contributed by atoms with Gasteiger partial charge in [-0.05, 0) is 35.0 Å². The number of alkyl halides is 1. The van der Waals surface area contributed by atoms with Crippen LogP contribution in [0, 0.1) is 5.82 Å². The van der Waals surface area contributed by atoms with E-state index in [9.17, 15) is 4.39 Å². The fraction of sp³-hybridized carbons (Fsp3) is 0.278. The van der Waals surface area contributed by atoms with Gasteiger partial charge in [-0.1, -0.05) is 58.4 Å². The Bertz CT molecular complexity index is 677. The van der Waals surface area contributed by atoms with Gasteiger partial charge < -0.3 is 17.0 Å². The standard InChI is InChI=1S/C18H18BrFN2S.BrH/c19-10-17-11-21-18(23-17)22(12-14-4-2-1-3-5-14)13-15-6-8-16(20)9-7-15;/h1-9,17H,10-13H2;1H. The van der Waals surface area contributed by atoms with Crippen molar-refractivity contribution in [2.75, 3.05) is 11.9 Å². The molecule has 0 aromatic heterocycles. The van der Waals surface area contributed by atoms with Crippen LogP contribution in [-0.4, -0.2) is 26.9 Å². The Hall–Kier alpha value is -0.850. The smallest absolute Gasteiger partial charge is 0.307 e. The molecule has 3 rings (SSSR count). The molecular weight excluding hydrogens is 455 g/mol. The minimum Gasteiger partial charge on any atom is -1.00 e. The van der Waals surface area contributed by atoms with Crippen LogP contribution >= 0.6 is 27.7 Å². The molecule has 1 N–H and O–H groups in total.